The Bertz CT molecular complexity index is 647. The summed E-state index contributed by atoms with van der Waals surface area (Å²) in [5, 5.41) is 8.99. The van der Waals surface area contributed by atoms with E-state index < -0.39 is 21.4 Å². The highest BCUT2D eigenvalue weighted by Crippen LogP contribution is 2.31. The predicted molar refractivity (Wildman–Crippen MR) is 90.5 cm³/mol. The molecule has 2 N–H and O–H groups in total. The molecule has 1 saturated heterocycles. The van der Waals surface area contributed by atoms with Crippen molar-refractivity contribution >= 4 is 21.8 Å². The fraction of sp³-hybridized carbons (Fsp3) is 0.600. The molecule has 9 heteroatoms. The lowest BCUT2D eigenvalue weighted by atomic mass is 9.97. The van der Waals surface area contributed by atoms with E-state index in [9.17, 15) is 12.8 Å². The van der Waals surface area contributed by atoms with Gasteiger partial charge in [-0.1, -0.05) is 0 Å². The summed E-state index contributed by atoms with van der Waals surface area (Å²) in [6.07, 6.45) is 1.36. The number of methoxy groups -OCH3 is 1. The smallest absolute Gasteiger partial charge is 0.244 e. The van der Waals surface area contributed by atoms with Crippen molar-refractivity contribution in [2.45, 2.75) is 23.3 Å². The number of aliphatic hydroxyl groups excluding tert-OH is 1. The third-order valence-corrected chi connectivity index (χ3v) is 6.31. The van der Waals surface area contributed by atoms with E-state index in [-0.39, 0.29) is 30.4 Å². The van der Waals surface area contributed by atoms with Crippen molar-refractivity contribution in [3.05, 3.63) is 24.0 Å². The van der Waals surface area contributed by atoms with Crippen molar-refractivity contribution in [3.63, 3.8) is 0 Å². The molecule has 0 atom stereocenters. The zero-order chi connectivity index (χ0) is 17.6. The number of hydrogen-bond acceptors (Lipinski definition) is 6. The summed E-state index contributed by atoms with van der Waals surface area (Å²) in [6.45, 7) is 0.0879. The predicted octanol–water partition coefficient (Wildman–Crippen LogP) is 1.39. The SMILES string of the molecule is COc1ccc(F)cc1S(=O)(=O)NCC1(OCCO)CCSCC1. The van der Waals surface area contributed by atoms with E-state index in [4.69, 9.17) is 14.6 Å². The van der Waals surface area contributed by atoms with Gasteiger partial charge in [-0.3, -0.25) is 0 Å². The topological polar surface area (TPSA) is 84.9 Å². The molecule has 0 amide bonds. The van der Waals surface area contributed by atoms with Crippen LogP contribution in [0.4, 0.5) is 4.39 Å². The van der Waals surface area contributed by atoms with Crippen LogP contribution in [-0.2, 0) is 14.8 Å². The van der Waals surface area contributed by atoms with E-state index in [0.29, 0.717) is 12.8 Å². The minimum absolute atomic E-state index is 0.0650. The summed E-state index contributed by atoms with van der Waals surface area (Å²) in [6, 6.07) is 3.35. The molecule has 1 aromatic rings. The van der Waals surface area contributed by atoms with Crippen LogP contribution in [0.3, 0.4) is 0 Å². The van der Waals surface area contributed by atoms with Crippen LogP contribution < -0.4 is 9.46 Å². The number of aliphatic hydroxyl groups is 1. The van der Waals surface area contributed by atoms with Crippen LogP contribution in [-0.4, -0.2) is 57.5 Å². The number of rotatable bonds is 8. The summed E-state index contributed by atoms with van der Waals surface area (Å²) in [7, 11) is -2.62. The first kappa shape index (κ1) is 19.5. The van der Waals surface area contributed by atoms with Gasteiger partial charge in [0.15, 0.2) is 0 Å². The number of thioether (sulfide) groups is 1. The summed E-state index contributed by atoms with van der Waals surface area (Å²) in [5.74, 6) is 1.14. The Balaban J connectivity index is 2.17. The fourth-order valence-corrected chi connectivity index (χ4v) is 5.07. The van der Waals surface area contributed by atoms with Crippen LogP contribution in [0.25, 0.3) is 0 Å². The Morgan fingerprint density at radius 2 is 2.08 bits per heavy atom. The number of ether oxygens (including phenoxy) is 2. The van der Waals surface area contributed by atoms with Gasteiger partial charge in [-0.15, -0.1) is 0 Å². The first-order valence-electron chi connectivity index (χ1n) is 7.58. The second-order valence-corrected chi connectivity index (χ2v) is 8.45. The summed E-state index contributed by atoms with van der Waals surface area (Å²) in [4.78, 5) is -0.243. The van der Waals surface area contributed by atoms with Crippen molar-refractivity contribution in [1.82, 2.24) is 4.72 Å². The van der Waals surface area contributed by atoms with Gasteiger partial charge in [0, 0.05) is 6.54 Å². The van der Waals surface area contributed by atoms with E-state index in [1.807, 2.05) is 0 Å². The van der Waals surface area contributed by atoms with E-state index in [0.717, 1.165) is 23.6 Å². The molecule has 0 saturated carbocycles. The van der Waals surface area contributed by atoms with Crippen molar-refractivity contribution in [2.24, 2.45) is 0 Å². The molecule has 0 aliphatic carbocycles. The average molecular weight is 379 g/mol. The Kier molecular flexibility index (Phi) is 6.88. The number of hydrogen-bond donors (Lipinski definition) is 2. The highest BCUT2D eigenvalue weighted by molar-refractivity contribution is 7.99. The highest BCUT2D eigenvalue weighted by Gasteiger charge is 2.35. The molecule has 0 radical (unpaired) electrons. The first-order valence-corrected chi connectivity index (χ1v) is 10.2. The van der Waals surface area contributed by atoms with E-state index in [1.54, 1.807) is 11.8 Å². The summed E-state index contributed by atoms with van der Waals surface area (Å²) < 4.78 is 51.8. The van der Waals surface area contributed by atoms with Crippen LogP contribution in [0.2, 0.25) is 0 Å². The molecule has 6 nitrogen and oxygen atoms in total. The van der Waals surface area contributed by atoms with Gasteiger partial charge in [0.2, 0.25) is 10.0 Å². The lowest BCUT2D eigenvalue weighted by Gasteiger charge is -2.37. The molecule has 0 unspecified atom stereocenters. The minimum atomic E-state index is -3.95. The molecular weight excluding hydrogens is 357 g/mol. The normalized spacial score (nSPS) is 17.6. The fourth-order valence-electron chi connectivity index (χ4n) is 2.54. The first-order chi connectivity index (χ1) is 11.4. The van der Waals surface area contributed by atoms with Gasteiger partial charge in [-0.05, 0) is 42.5 Å². The van der Waals surface area contributed by atoms with Crippen LogP contribution in [0.1, 0.15) is 12.8 Å². The van der Waals surface area contributed by atoms with E-state index >= 15 is 0 Å². The summed E-state index contributed by atoms with van der Waals surface area (Å²) >= 11 is 1.78. The molecule has 136 valence electrons. The average Bonchev–Trinajstić information content (AvgIpc) is 2.59. The third kappa shape index (κ3) is 4.82. The Morgan fingerprint density at radius 1 is 1.38 bits per heavy atom. The molecule has 1 aromatic carbocycles. The number of nitrogens with one attached hydrogen (secondary N) is 1. The second-order valence-electron chi connectivity index (χ2n) is 5.49. The largest absolute Gasteiger partial charge is 0.495 e. The number of sulfonamides is 1. The maximum Gasteiger partial charge on any atom is 0.244 e. The van der Waals surface area contributed by atoms with Crippen LogP contribution >= 0.6 is 11.8 Å². The van der Waals surface area contributed by atoms with Crippen molar-refractivity contribution in [3.8, 4) is 5.75 Å². The standard InChI is InChI=1S/C15H22FNO5S2/c1-21-13-3-2-12(16)10-14(13)24(19,20)17-11-15(22-7-6-18)4-8-23-9-5-15/h2-3,10,17-18H,4-9,11H2,1H3. The van der Waals surface area contributed by atoms with Crippen molar-refractivity contribution < 1.29 is 27.4 Å². The molecule has 0 spiro atoms. The lowest BCUT2D eigenvalue weighted by Crippen LogP contribution is -2.48. The van der Waals surface area contributed by atoms with Gasteiger partial charge < -0.3 is 14.6 Å². The maximum absolute atomic E-state index is 13.4. The Labute approximate surface area is 145 Å². The van der Waals surface area contributed by atoms with E-state index in [2.05, 4.69) is 4.72 Å². The molecular formula is C15H22FNO5S2. The lowest BCUT2D eigenvalue weighted by molar-refractivity contribution is -0.0591. The molecule has 1 heterocycles. The monoisotopic (exact) mass is 379 g/mol. The van der Waals surface area contributed by atoms with Crippen molar-refractivity contribution in [2.75, 3.05) is 38.4 Å². The van der Waals surface area contributed by atoms with Gasteiger partial charge in [0.25, 0.3) is 0 Å². The molecule has 0 aromatic heterocycles. The molecule has 0 bridgehead atoms. The third-order valence-electron chi connectivity index (χ3n) is 3.90. The Morgan fingerprint density at radius 3 is 2.71 bits per heavy atom. The van der Waals surface area contributed by atoms with E-state index in [1.165, 1.54) is 13.2 Å². The van der Waals surface area contributed by atoms with Gasteiger partial charge in [0.05, 0.1) is 25.9 Å². The quantitative estimate of drug-likeness (QED) is 0.710. The summed E-state index contributed by atoms with van der Waals surface area (Å²) in [5.41, 5.74) is -0.651. The van der Waals surface area contributed by atoms with Gasteiger partial charge in [-0.25, -0.2) is 17.5 Å². The molecule has 1 aliphatic heterocycles. The zero-order valence-corrected chi connectivity index (χ0v) is 15.1. The maximum atomic E-state index is 13.4. The van der Waals surface area contributed by atoms with Gasteiger partial charge in [0.1, 0.15) is 16.5 Å². The van der Waals surface area contributed by atoms with Crippen LogP contribution in [0.15, 0.2) is 23.1 Å². The van der Waals surface area contributed by atoms with Gasteiger partial charge in [-0.2, -0.15) is 11.8 Å². The molecule has 2 rings (SSSR count). The minimum Gasteiger partial charge on any atom is -0.495 e. The zero-order valence-electron chi connectivity index (χ0n) is 13.5. The Hall–Kier alpha value is -0.870. The van der Waals surface area contributed by atoms with Gasteiger partial charge >= 0.3 is 0 Å². The van der Waals surface area contributed by atoms with Crippen LogP contribution in [0, 0.1) is 5.82 Å². The second kappa shape index (κ2) is 8.48. The number of benzene rings is 1. The number of halogens is 1. The molecule has 24 heavy (non-hydrogen) atoms. The van der Waals surface area contributed by atoms with Crippen LogP contribution in [0.5, 0.6) is 5.75 Å². The highest BCUT2D eigenvalue weighted by atomic mass is 32.2. The molecule has 1 aliphatic rings. The molecule has 1 fully saturated rings. The van der Waals surface area contributed by atoms with Crippen molar-refractivity contribution in [1.29, 1.82) is 0 Å².